The average molecular weight is 271 g/mol. The minimum Gasteiger partial charge on any atom is -0.479 e. The second-order valence-corrected chi connectivity index (χ2v) is 3.31. The number of nitrogens with two attached hydrogens (primary N) is 1. The van der Waals surface area contributed by atoms with Crippen LogP contribution in [-0.2, 0) is 6.54 Å². The summed E-state index contributed by atoms with van der Waals surface area (Å²) in [5, 5.41) is 0. The number of halogens is 3. The molecule has 7 heteroatoms. The zero-order valence-electron chi connectivity index (χ0n) is 10.1. The number of ether oxygens (including phenoxy) is 1. The van der Waals surface area contributed by atoms with Crippen LogP contribution in [0, 0.1) is 17.6 Å². The molecule has 0 aliphatic rings. The Morgan fingerprint density at radius 2 is 1.95 bits per heavy atom. The van der Waals surface area contributed by atoms with Crippen molar-refractivity contribution in [3.8, 4) is 5.88 Å². The molecule has 0 radical (unpaired) electrons. The molecule has 2 heterocycles. The highest BCUT2D eigenvalue weighted by atomic mass is 19.2. The third-order valence-corrected chi connectivity index (χ3v) is 2.01. The van der Waals surface area contributed by atoms with Gasteiger partial charge in [0, 0.05) is 18.9 Å². The van der Waals surface area contributed by atoms with Crippen molar-refractivity contribution >= 4 is 0 Å². The van der Waals surface area contributed by atoms with Crippen LogP contribution >= 0.6 is 0 Å². The fourth-order valence-corrected chi connectivity index (χ4v) is 1.09. The first kappa shape index (κ1) is 14.9. The van der Waals surface area contributed by atoms with E-state index in [9.17, 15) is 13.2 Å². The molecule has 2 rings (SSSR count). The smallest absolute Gasteiger partial charge is 0.250 e. The average Bonchev–Trinajstić information content (AvgIpc) is 2.42. The molecule has 19 heavy (non-hydrogen) atoms. The molecule has 4 nitrogen and oxygen atoms in total. The zero-order chi connectivity index (χ0) is 14.3. The highest BCUT2D eigenvalue weighted by Gasteiger charge is 2.02. The monoisotopic (exact) mass is 271 g/mol. The van der Waals surface area contributed by atoms with Crippen molar-refractivity contribution in [2.45, 2.75) is 6.54 Å². The molecule has 102 valence electrons. The molecule has 0 spiro atoms. The Morgan fingerprint density at radius 1 is 1.21 bits per heavy atom. The van der Waals surface area contributed by atoms with Gasteiger partial charge in [-0.3, -0.25) is 0 Å². The molecule has 0 amide bonds. The van der Waals surface area contributed by atoms with Crippen LogP contribution in [-0.4, -0.2) is 17.1 Å². The van der Waals surface area contributed by atoms with Gasteiger partial charge in [-0.1, -0.05) is 0 Å². The minimum absolute atomic E-state index is 0.00204. The molecule has 0 aliphatic heterocycles. The van der Waals surface area contributed by atoms with Gasteiger partial charge in [0.15, 0.2) is 11.6 Å². The van der Waals surface area contributed by atoms with Crippen molar-refractivity contribution in [3.05, 3.63) is 53.7 Å². The van der Waals surface area contributed by atoms with Crippen molar-refractivity contribution < 1.29 is 17.9 Å². The summed E-state index contributed by atoms with van der Waals surface area (Å²) in [4.78, 5) is 6.73. The Kier molecular flexibility index (Phi) is 5.74. The fraction of sp³-hybridized carbons (Fsp3) is 0.167. The van der Waals surface area contributed by atoms with Gasteiger partial charge in [0.25, 0.3) is 0 Å². The van der Waals surface area contributed by atoms with Crippen molar-refractivity contribution in [1.29, 1.82) is 0 Å². The molecule has 0 saturated heterocycles. The SMILES string of the molecule is COc1ncc(CN)cc1F.Fc1cccnc1F. The van der Waals surface area contributed by atoms with E-state index in [0.29, 0.717) is 5.56 Å². The van der Waals surface area contributed by atoms with Gasteiger partial charge in [0.2, 0.25) is 11.8 Å². The summed E-state index contributed by atoms with van der Waals surface area (Å²) in [5.74, 6) is -2.43. The van der Waals surface area contributed by atoms with Crippen molar-refractivity contribution in [2.24, 2.45) is 5.73 Å². The summed E-state index contributed by atoms with van der Waals surface area (Å²) >= 11 is 0. The molecule has 2 aromatic heterocycles. The van der Waals surface area contributed by atoms with Gasteiger partial charge < -0.3 is 10.5 Å². The Bertz CT molecular complexity index is 516. The van der Waals surface area contributed by atoms with Gasteiger partial charge >= 0.3 is 0 Å². The quantitative estimate of drug-likeness (QED) is 0.849. The van der Waals surface area contributed by atoms with E-state index in [0.717, 1.165) is 6.07 Å². The second-order valence-electron chi connectivity index (χ2n) is 3.31. The van der Waals surface area contributed by atoms with E-state index in [4.69, 9.17) is 5.73 Å². The first-order valence-corrected chi connectivity index (χ1v) is 5.23. The lowest BCUT2D eigenvalue weighted by atomic mass is 10.3. The molecular formula is C12H12F3N3O. The lowest BCUT2D eigenvalue weighted by molar-refractivity contribution is 0.368. The minimum atomic E-state index is -1.05. The largest absolute Gasteiger partial charge is 0.479 e. The topological polar surface area (TPSA) is 61.0 Å². The predicted molar refractivity (Wildman–Crippen MR) is 62.8 cm³/mol. The third-order valence-electron chi connectivity index (χ3n) is 2.01. The summed E-state index contributed by atoms with van der Waals surface area (Å²) < 4.78 is 41.1. The molecule has 0 bridgehead atoms. The van der Waals surface area contributed by atoms with E-state index in [-0.39, 0.29) is 12.4 Å². The van der Waals surface area contributed by atoms with Gasteiger partial charge in [-0.15, -0.1) is 0 Å². The zero-order valence-corrected chi connectivity index (χ0v) is 10.1. The van der Waals surface area contributed by atoms with Crippen LogP contribution in [0.15, 0.2) is 30.6 Å². The van der Waals surface area contributed by atoms with E-state index in [1.54, 1.807) is 0 Å². The van der Waals surface area contributed by atoms with Crippen LogP contribution in [0.1, 0.15) is 5.56 Å². The molecule has 0 saturated carbocycles. The molecule has 2 N–H and O–H groups in total. The van der Waals surface area contributed by atoms with Crippen LogP contribution in [0.4, 0.5) is 13.2 Å². The Labute approximate surface area is 108 Å². The summed E-state index contributed by atoms with van der Waals surface area (Å²) in [6.45, 7) is 0.286. The Balaban J connectivity index is 0.000000200. The Hall–Kier alpha value is -2.15. The van der Waals surface area contributed by atoms with E-state index < -0.39 is 17.6 Å². The molecule has 0 fully saturated rings. The number of hydrogen-bond acceptors (Lipinski definition) is 4. The van der Waals surface area contributed by atoms with E-state index in [1.807, 2.05) is 0 Å². The first-order chi connectivity index (χ1) is 9.08. The first-order valence-electron chi connectivity index (χ1n) is 5.23. The normalized spacial score (nSPS) is 9.53. The van der Waals surface area contributed by atoms with Crippen LogP contribution in [0.5, 0.6) is 5.88 Å². The van der Waals surface area contributed by atoms with Gasteiger partial charge in [0.05, 0.1) is 7.11 Å². The van der Waals surface area contributed by atoms with E-state index >= 15 is 0 Å². The van der Waals surface area contributed by atoms with Crippen LogP contribution in [0.2, 0.25) is 0 Å². The van der Waals surface area contributed by atoms with Crippen LogP contribution < -0.4 is 10.5 Å². The number of rotatable bonds is 2. The van der Waals surface area contributed by atoms with Crippen LogP contribution in [0.3, 0.4) is 0 Å². The van der Waals surface area contributed by atoms with Crippen LogP contribution in [0.25, 0.3) is 0 Å². The lowest BCUT2D eigenvalue weighted by Crippen LogP contribution is -1.99. The lowest BCUT2D eigenvalue weighted by Gasteiger charge is -2.00. The maximum atomic E-state index is 12.8. The molecule has 0 unspecified atom stereocenters. The fourth-order valence-electron chi connectivity index (χ4n) is 1.09. The van der Waals surface area contributed by atoms with Gasteiger partial charge in [0.1, 0.15) is 0 Å². The van der Waals surface area contributed by atoms with Crippen molar-refractivity contribution in [3.63, 3.8) is 0 Å². The molecule has 0 aliphatic carbocycles. The van der Waals surface area contributed by atoms with E-state index in [1.165, 1.54) is 31.6 Å². The maximum absolute atomic E-state index is 12.8. The standard InChI is InChI=1S/C7H9FN2O.C5H3F2N/c1-11-7-6(8)2-5(3-9)4-10-7;6-4-2-1-3-8-5(4)7/h2,4H,3,9H2,1H3;1-3H. The maximum Gasteiger partial charge on any atom is 0.250 e. The number of aromatic nitrogens is 2. The summed E-state index contributed by atoms with van der Waals surface area (Å²) in [5.41, 5.74) is 5.92. The number of nitrogens with zero attached hydrogens (tertiary/aromatic N) is 2. The summed E-state index contributed by atoms with van der Waals surface area (Å²) in [6.07, 6.45) is 2.68. The number of methoxy groups -OCH3 is 1. The predicted octanol–water partition coefficient (Wildman–Crippen LogP) is 2.05. The van der Waals surface area contributed by atoms with Gasteiger partial charge in [-0.25, -0.2) is 18.7 Å². The summed E-state index contributed by atoms with van der Waals surface area (Å²) in [7, 11) is 1.37. The van der Waals surface area contributed by atoms with Crippen molar-refractivity contribution in [2.75, 3.05) is 7.11 Å². The van der Waals surface area contributed by atoms with Crippen molar-refractivity contribution in [1.82, 2.24) is 9.97 Å². The number of hydrogen-bond donors (Lipinski definition) is 1. The molecule has 0 aromatic carbocycles. The van der Waals surface area contributed by atoms with Gasteiger partial charge in [-0.2, -0.15) is 4.39 Å². The van der Waals surface area contributed by atoms with Gasteiger partial charge in [-0.05, 0) is 23.8 Å². The third kappa shape index (κ3) is 4.55. The Morgan fingerprint density at radius 3 is 2.37 bits per heavy atom. The highest BCUT2D eigenvalue weighted by molar-refractivity contribution is 5.19. The molecule has 2 aromatic rings. The highest BCUT2D eigenvalue weighted by Crippen LogP contribution is 2.12. The second kappa shape index (κ2) is 7.32. The molecule has 0 atom stereocenters. The van der Waals surface area contributed by atoms with E-state index in [2.05, 4.69) is 14.7 Å². The molecular weight excluding hydrogens is 259 g/mol. The number of pyridine rings is 2. The summed E-state index contributed by atoms with van der Waals surface area (Å²) in [6, 6.07) is 3.66.